The second kappa shape index (κ2) is 7.40. The van der Waals surface area contributed by atoms with Crippen LogP contribution in [0.5, 0.6) is 5.75 Å². The molecule has 0 saturated heterocycles. The molecule has 0 aliphatic heterocycles. The molecule has 1 heterocycles. The molecular formula is C19H17ClN2O3. The Morgan fingerprint density at radius 2 is 2.04 bits per heavy atom. The zero-order valence-corrected chi connectivity index (χ0v) is 14.4. The summed E-state index contributed by atoms with van der Waals surface area (Å²) in [7, 11) is 0. The van der Waals surface area contributed by atoms with Crippen molar-refractivity contribution >= 4 is 34.7 Å². The largest absolute Gasteiger partial charge is 0.492 e. The van der Waals surface area contributed by atoms with Gasteiger partial charge in [0.15, 0.2) is 6.29 Å². The molecule has 0 atom stereocenters. The van der Waals surface area contributed by atoms with Crippen LogP contribution in [0.2, 0.25) is 5.02 Å². The van der Waals surface area contributed by atoms with Gasteiger partial charge in [-0.1, -0.05) is 23.7 Å². The number of benzene rings is 2. The lowest BCUT2D eigenvalue weighted by molar-refractivity contribution is -0.119. The van der Waals surface area contributed by atoms with E-state index in [0.29, 0.717) is 29.5 Å². The molecule has 0 bridgehead atoms. The molecule has 0 aliphatic carbocycles. The molecule has 5 nitrogen and oxygen atoms in total. The van der Waals surface area contributed by atoms with Crippen molar-refractivity contribution in [2.24, 2.45) is 0 Å². The van der Waals surface area contributed by atoms with Crippen molar-refractivity contribution in [1.29, 1.82) is 0 Å². The molecule has 1 amide bonds. The average Bonchev–Trinajstić information content (AvgIpc) is 3.00. The van der Waals surface area contributed by atoms with Crippen molar-refractivity contribution in [3.05, 3.63) is 53.2 Å². The Bertz CT molecular complexity index is 916. The number of amides is 1. The molecule has 25 heavy (non-hydrogen) atoms. The molecule has 0 radical (unpaired) electrons. The Hall–Kier alpha value is -2.79. The quantitative estimate of drug-likeness (QED) is 0.521. The highest BCUT2D eigenvalue weighted by molar-refractivity contribution is 6.34. The van der Waals surface area contributed by atoms with Crippen LogP contribution in [0.4, 0.5) is 0 Å². The molecule has 2 aromatic carbocycles. The first kappa shape index (κ1) is 17.0. The summed E-state index contributed by atoms with van der Waals surface area (Å²) in [5.74, 6) is 0.630. The zero-order chi connectivity index (χ0) is 17.8. The smallest absolute Gasteiger partial charge is 0.216 e. The van der Waals surface area contributed by atoms with E-state index in [1.165, 1.54) is 6.92 Å². The Kier molecular flexibility index (Phi) is 5.05. The van der Waals surface area contributed by atoms with Crippen molar-refractivity contribution in [3.63, 3.8) is 0 Å². The molecule has 6 heteroatoms. The molecule has 3 rings (SSSR count). The van der Waals surface area contributed by atoms with E-state index in [9.17, 15) is 9.59 Å². The Morgan fingerprint density at radius 3 is 2.72 bits per heavy atom. The Morgan fingerprint density at radius 1 is 1.28 bits per heavy atom. The van der Waals surface area contributed by atoms with Gasteiger partial charge in [-0.3, -0.25) is 9.59 Å². The minimum Gasteiger partial charge on any atom is -0.492 e. The van der Waals surface area contributed by atoms with Gasteiger partial charge >= 0.3 is 0 Å². The third-order valence-corrected chi connectivity index (χ3v) is 4.15. The first-order chi connectivity index (χ1) is 12.1. The summed E-state index contributed by atoms with van der Waals surface area (Å²) in [4.78, 5) is 25.0. The Labute approximate surface area is 149 Å². The van der Waals surface area contributed by atoms with Crippen LogP contribution in [-0.4, -0.2) is 30.3 Å². The van der Waals surface area contributed by atoms with Crippen molar-refractivity contribution < 1.29 is 14.3 Å². The number of carbonyl (C=O) groups is 2. The maximum Gasteiger partial charge on any atom is 0.216 e. The fraction of sp³-hybridized carbons (Fsp3) is 0.158. The van der Waals surface area contributed by atoms with Crippen LogP contribution in [-0.2, 0) is 4.79 Å². The summed E-state index contributed by atoms with van der Waals surface area (Å²) in [6.45, 7) is 2.33. The third-order valence-electron chi connectivity index (χ3n) is 3.84. The lowest BCUT2D eigenvalue weighted by atomic mass is 10.0. The molecule has 0 aliphatic rings. The number of carbonyl (C=O) groups excluding carboxylic acids is 2. The summed E-state index contributed by atoms with van der Waals surface area (Å²) in [6.07, 6.45) is 2.49. The van der Waals surface area contributed by atoms with Crippen LogP contribution in [0.1, 0.15) is 17.3 Å². The van der Waals surface area contributed by atoms with E-state index in [0.717, 1.165) is 28.3 Å². The first-order valence-corrected chi connectivity index (χ1v) is 8.20. The fourth-order valence-electron chi connectivity index (χ4n) is 2.61. The monoisotopic (exact) mass is 356 g/mol. The van der Waals surface area contributed by atoms with Crippen molar-refractivity contribution in [2.45, 2.75) is 6.92 Å². The van der Waals surface area contributed by atoms with Crippen LogP contribution < -0.4 is 10.1 Å². The Balaban J connectivity index is 1.79. The second-order valence-corrected chi connectivity index (χ2v) is 6.00. The standard InChI is InChI=1S/C19H17ClN2O3/c1-12(24)21-6-7-25-15-4-2-13(3-5-15)16-8-17-14(11-23)10-22-19(17)9-18(16)20/h2-5,8-11,22H,6-7H2,1H3,(H,21,24). The number of H-pyrrole nitrogens is 1. The maximum absolute atomic E-state index is 11.1. The maximum atomic E-state index is 11.1. The van der Waals surface area contributed by atoms with Crippen molar-refractivity contribution in [1.82, 2.24) is 10.3 Å². The van der Waals surface area contributed by atoms with E-state index in [-0.39, 0.29) is 5.91 Å². The number of hydrogen-bond acceptors (Lipinski definition) is 3. The summed E-state index contributed by atoms with van der Waals surface area (Å²) >= 11 is 6.38. The molecule has 0 spiro atoms. The zero-order valence-electron chi connectivity index (χ0n) is 13.6. The summed E-state index contributed by atoms with van der Waals surface area (Å²) in [5, 5.41) is 4.11. The molecule has 0 saturated carbocycles. The van der Waals surface area contributed by atoms with Crippen LogP contribution in [0.3, 0.4) is 0 Å². The van der Waals surface area contributed by atoms with Gasteiger partial charge in [-0.2, -0.15) is 0 Å². The lowest BCUT2D eigenvalue weighted by Crippen LogP contribution is -2.25. The van der Waals surface area contributed by atoms with Gasteiger partial charge in [0.25, 0.3) is 0 Å². The average molecular weight is 357 g/mol. The fourth-order valence-corrected chi connectivity index (χ4v) is 2.88. The normalized spacial score (nSPS) is 10.6. The number of nitrogens with one attached hydrogen (secondary N) is 2. The first-order valence-electron chi connectivity index (χ1n) is 7.82. The van der Waals surface area contributed by atoms with Crippen LogP contribution in [0.25, 0.3) is 22.0 Å². The summed E-state index contributed by atoms with van der Waals surface area (Å²) in [6, 6.07) is 11.2. The van der Waals surface area contributed by atoms with Gasteiger partial charge in [0.2, 0.25) is 5.91 Å². The number of fused-ring (bicyclic) bond motifs is 1. The molecule has 128 valence electrons. The number of aldehydes is 1. The van der Waals surface area contributed by atoms with Crippen molar-refractivity contribution in [2.75, 3.05) is 13.2 Å². The minimum atomic E-state index is -0.0802. The van der Waals surface area contributed by atoms with Gasteiger partial charge in [-0.25, -0.2) is 0 Å². The van der Waals surface area contributed by atoms with Crippen LogP contribution >= 0.6 is 11.6 Å². The second-order valence-electron chi connectivity index (χ2n) is 5.60. The highest BCUT2D eigenvalue weighted by Crippen LogP contribution is 2.33. The highest BCUT2D eigenvalue weighted by Gasteiger charge is 2.10. The highest BCUT2D eigenvalue weighted by atomic mass is 35.5. The summed E-state index contributed by atoms with van der Waals surface area (Å²) in [5.41, 5.74) is 3.21. The van der Waals surface area contributed by atoms with Gasteiger partial charge in [0, 0.05) is 35.2 Å². The van der Waals surface area contributed by atoms with Crippen LogP contribution in [0.15, 0.2) is 42.6 Å². The van der Waals surface area contributed by atoms with Gasteiger partial charge < -0.3 is 15.0 Å². The molecule has 2 N–H and O–H groups in total. The SMILES string of the molecule is CC(=O)NCCOc1ccc(-c2cc3c(C=O)c[nH]c3cc2Cl)cc1. The van der Waals surface area contributed by atoms with E-state index in [1.807, 2.05) is 36.4 Å². The molecular weight excluding hydrogens is 340 g/mol. The summed E-state index contributed by atoms with van der Waals surface area (Å²) < 4.78 is 5.57. The molecule has 3 aromatic rings. The van der Waals surface area contributed by atoms with Gasteiger partial charge in [0.05, 0.1) is 11.6 Å². The van der Waals surface area contributed by atoms with E-state index in [2.05, 4.69) is 10.3 Å². The predicted octanol–water partition coefficient (Wildman–Crippen LogP) is 3.82. The van der Waals surface area contributed by atoms with Crippen molar-refractivity contribution in [3.8, 4) is 16.9 Å². The number of rotatable bonds is 6. The van der Waals surface area contributed by atoms with E-state index in [1.54, 1.807) is 6.20 Å². The van der Waals surface area contributed by atoms with E-state index >= 15 is 0 Å². The number of ether oxygens (including phenoxy) is 1. The molecule has 1 aromatic heterocycles. The third kappa shape index (κ3) is 3.83. The van der Waals surface area contributed by atoms with Gasteiger partial charge in [-0.05, 0) is 29.8 Å². The number of aromatic amines is 1. The lowest BCUT2D eigenvalue weighted by Gasteiger charge is -2.09. The number of hydrogen-bond donors (Lipinski definition) is 2. The molecule has 0 unspecified atom stereocenters. The van der Waals surface area contributed by atoms with Gasteiger partial charge in [0.1, 0.15) is 12.4 Å². The predicted molar refractivity (Wildman–Crippen MR) is 98.3 cm³/mol. The van der Waals surface area contributed by atoms with Gasteiger partial charge in [-0.15, -0.1) is 0 Å². The van der Waals surface area contributed by atoms with E-state index in [4.69, 9.17) is 16.3 Å². The topological polar surface area (TPSA) is 71.2 Å². The van der Waals surface area contributed by atoms with E-state index < -0.39 is 0 Å². The minimum absolute atomic E-state index is 0.0802. The van der Waals surface area contributed by atoms with Crippen LogP contribution in [0, 0.1) is 0 Å². The number of aromatic nitrogens is 1. The molecule has 0 fully saturated rings. The number of halogens is 1.